The quantitative estimate of drug-likeness (QED) is 0.223. The molecule has 0 bridgehead atoms. The van der Waals surface area contributed by atoms with Crippen LogP contribution in [-0.2, 0) is 20.8 Å². The lowest BCUT2D eigenvalue weighted by Gasteiger charge is -2.33. The number of carbonyl (C=O) groups excluding carboxylic acids is 4. The Kier molecular flexibility index (Phi) is 9.37. The second kappa shape index (κ2) is 12.9. The molecule has 1 fully saturated rings. The first-order valence-electron chi connectivity index (χ1n) is 13.8. The van der Waals surface area contributed by atoms with Gasteiger partial charge in [0.05, 0.1) is 12.1 Å². The Morgan fingerprint density at radius 2 is 1.77 bits per heavy atom. The molecule has 3 aromatic rings. The van der Waals surface area contributed by atoms with Gasteiger partial charge >= 0.3 is 0 Å². The molecule has 0 radical (unpaired) electrons. The Balaban J connectivity index is 1.46. The molecule has 9 heteroatoms. The van der Waals surface area contributed by atoms with E-state index in [4.69, 9.17) is 0 Å². The average Bonchev–Trinajstić information content (AvgIpc) is 3.55. The molecule has 5 N–H and O–H groups in total. The van der Waals surface area contributed by atoms with E-state index in [2.05, 4.69) is 26.3 Å². The number of fused-ring (bicyclic) bond motifs is 1. The van der Waals surface area contributed by atoms with Gasteiger partial charge in [-0.15, -0.1) is 0 Å². The van der Waals surface area contributed by atoms with E-state index in [-0.39, 0.29) is 41.5 Å². The predicted molar refractivity (Wildman–Crippen MR) is 155 cm³/mol. The molecule has 1 saturated heterocycles. The number of aromatic nitrogens is 1. The molecule has 2 heterocycles. The lowest BCUT2D eigenvalue weighted by atomic mass is 9.86. The zero-order chi connectivity index (χ0) is 28.7. The van der Waals surface area contributed by atoms with Crippen LogP contribution in [0.5, 0.6) is 0 Å². The van der Waals surface area contributed by atoms with Crippen LogP contribution in [0.25, 0.3) is 10.9 Å². The lowest BCUT2D eigenvalue weighted by molar-refractivity contribution is -0.127. The van der Waals surface area contributed by atoms with Crippen LogP contribution in [0, 0.1) is 11.3 Å². The molecule has 0 saturated carbocycles. The summed E-state index contributed by atoms with van der Waals surface area (Å²) in [7, 11) is 0. The standard InChI is InChI=1S/C31H39N5O4/c1-31(2,3)27(36-30(40)26-17-21-11-7-8-12-24(21)35-26)18-33-25(15-20-9-5-4-6-10-20)29(39)34-23(19-37)16-22-13-14-32-28(22)38/h4-12,17,19,22-23,25,27,33,35H,13-16,18H2,1-3H3,(H,32,38)(H,34,39)(H,36,40)/t22-,23-,25-,27+/m0/s1. The van der Waals surface area contributed by atoms with E-state index < -0.39 is 12.1 Å². The molecule has 4 rings (SSSR count). The molecule has 9 nitrogen and oxygen atoms in total. The highest BCUT2D eigenvalue weighted by Crippen LogP contribution is 2.21. The Morgan fingerprint density at radius 3 is 2.42 bits per heavy atom. The smallest absolute Gasteiger partial charge is 0.268 e. The first kappa shape index (κ1) is 29.0. The molecule has 212 valence electrons. The Bertz CT molecular complexity index is 1300. The van der Waals surface area contributed by atoms with E-state index in [1.807, 2.05) is 81.4 Å². The fraction of sp³-hybridized carbons (Fsp3) is 0.419. The van der Waals surface area contributed by atoms with Gasteiger partial charge in [-0.2, -0.15) is 0 Å². The van der Waals surface area contributed by atoms with Crippen molar-refractivity contribution in [2.24, 2.45) is 11.3 Å². The largest absolute Gasteiger partial charge is 0.356 e. The summed E-state index contributed by atoms with van der Waals surface area (Å²) in [6.45, 7) is 7.02. The number of H-pyrrole nitrogens is 1. The normalized spacial score (nSPS) is 17.6. The third-order valence-electron chi connectivity index (χ3n) is 7.49. The second-order valence-electron chi connectivity index (χ2n) is 11.6. The average molecular weight is 546 g/mol. The first-order chi connectivity index (χ1) is 19.1. The predicted octanol–water partition coefficient (Wildman–Crippen LogP) is 2.72. The zero-order valence-electron chi connectivity index (χ0n) is 23.3. The van der Waals surface area contributed by atoms with Crippen LogP contribution >= 0.6 is 0 Å². The third kappa shape index (κ3) is 7.57. The molecule has 40 heavy (non-hydrogen) atoms. The maximum atomic E-state index is 13.5. The molecular formula is C31H39N5O4. The van der Waals surface area contributed by atoms with Crippen molar-refractivity contribution in [2.75, 3.05) is 13.1 Å². The molecule has 0 unspecified atom stereocenters. The number of hydrogen-bond acceptors (Lipinski definition) is 5. The summed E-state index contributed by atoms with van der Waals surface area (Å²) in [6, 6.07) is 17.4. The van der Waals surface area contributed by atoms with Gasteiger partial charge in [-0.1, -0.05) is 69.3 Å². The molecule has 1 aliphatic rings. The first-order valence-corrected chi connectivity index (χ1v) is 13.8. The molecule has 2 aromatic carbocycles. The van der Waals surface area contributed by atoms with Gasteiger partial charge in [0, 0.05) is 36.0 Å². The molecule has 0 aliphatic carbocycles. The fourth-order valence-corrected chi connectivity index (χ4v) is 4.98. The minimum atomic E-state index is -0.762. The highest BCUT2D eigenvalue weighted by atomic mass is 16.2. The number of aromatic amines is 1. The van der Waals surface area contributed by atoms with Gasteiger partial charge in [0.1, 0.15) is 12.0 Å². The van der Waals surface area contributed by atoms with Crippen molar-refractivity contribution in [3.05, 3.63) is 71.9 Å². The molecule has 1 aromatic heterocycles. The summed E-state index contributed by atoms with van der Waals surface area (Å²) in [4.78, 5) is 53.6. The number of carbonyl (C=O) groups is 4. The lowest BCUT2D eigenvalue weighted by Crippen LogP contribution is -2.55. The summed E-state index contributed by atoms with van der Waals surface area (Å²) in [5.74, 6) is -0.924. The summed E-state index contributed by atoms with van der Waals surface area (Å²) in [5, 5.41) is 13.1. The van der Waals surface area contributed by atoms with Crippen molar-refractivity contribution in [1.82, 2.24) is 26.3 Å². The van der Waals surface area contributed by atoms with Gasteiger partial charge in [0.25, 0.3) is 5.91 Å². The van der Waals surface area contributed by atoms with Crippen LogP contribution in [0.4, 0.5) is 0 Å². The van der Waals surface area contributed by atoms with Crippen LogP contribution in [0.3, 0.4) is 0 Å². The molecule has 3 amide bonds. The van der Waals surface area contributed by atoms with Crippen LogP contribution in [0.2, 0.25) is 0 Å². The number of amides is 3. The van der Waals surface area contributed by atoms with E-state index in [1.165, 1.54) is 0 Å². The third-order valence-corrected chi connectivity index (χ3v) is 7.49. The van der Waals surface area contributed by atoms with Crippen molar-refractivity contribution < 1.29 is 19.2 Å². The number of nitrogens with one attached hydrogen (secondary N) is 5. The van der Waals surface area contributed by atoms with E-state index in [0.717, 1.165) is 16.5 Å². The Morgan fingerprint density at radius 1 is 1.05 bits per heavy atom. The van der Waals surface area contributed by atoms with Crippen LogP contribution < -0.4 is 21.3 Å². The maximum Gasteiger partial charge on any atom is 0.268 e. The minimum Gasteiger partial charge on any atom is -0.356 e. The van der Waals surface area contributed by atoms with Gasteiger partial charge in [-0.3, -0.25) is 14.4 Å². The number of hydrogen-bond donors (Lipinski definition) is 5. The molecule has 4 atom stereocenters. The van der Waals surface area contributed by atoms with Gasteiger partial charge in [0.15, 0.2) is 0 Å². The van der Waals surface area contributed by atoms with Crippen LogP contribution in [0.15, 0.2) is 60.7 Å². The van der Waals surface area contributed by atoms with Crippen molar-refractivity contribution in [3.8, 4) is 0 Å². The van der Waals surface area contributed by atoms with Crippen molar-refractivity contribution >= 4 is 34.9 Å². The number of para-hydroxylation sites is 1. The van der Waals surface area contributed by atoms with Gasteiger partial charge in [-0.05, 0) is 42.4 Å². The monoisotopic (exact) mass is 545 g/mol. The molecule has 0 spiro atoms. The molecule has 1 aliphatic heterocycles. The summed E-state index contributed by atoms with van der Waals surface area (Å²) < 4.78 is 0. The van der Waals surface area contributed by atoms with E-state index in [1.54, 1.807) is 0 Å². The van der Waals surface area contributed by atoms with Gasteiger partial charge in [-0.25, -0.2) is 0 Å². The van der Waals surface area contributed by atoms with Crippen LogP contribution in [-0.4, -0.2) is 60.2 Å². The fourth-order valence-electron chi connectivity index (χ4n) is 4.98. The van der Waals surface area contributed by atoms with Crippen molar-refractivity contribution in [3.63, 3.8) is 0 Å². The summed E-state index contributed by atoms with van der Waals surface area (Å²) >= 11 is 0. The zero-order valence-corrected chi connectivity index (χ0v) is 23.3. The SMILES string of the molecule is CC(C)(C)[C@@H](CN[C@@H](Cc1ccccc1)C(=O)N[C@H](C=O)C[C@@H]1CCNC1=O)NC(=O)c1cc2ccccc2[nH]1. The summed E-state index contributed by atoms with van der Waals surface area (Å²) in [6.07, 6.45) is 2.01. The summed E-state index contributed by atoms with van der Waals surface area (Å²) in [5.41, 5.74) is 2.00. The minimum absolute atomic E-state index is 0.0845. The Hall–Kier alpha value is -3.98. The van der Waals surface area contributed by atoms with E-state index in [9.17, 15) is 19.2 Å². The van der Waals surface area contributed by atoms with Gasteiger partial charge < -0.3 is 31.0 Å². The number of aldehydes is 1. The van der Waals surface area contributed by atoms with E-state index >= 15 is 0 Å². The Labute approximate surface area is 234 Å². The number of benzene rings is 2. The van der Waals surface area contributed by atoms with Crippen molar-refractivity contribution in [2.45, 2.75) is 58.2 Å². The highest BCUT2D eigenvalue weighted by molar-refractivity contribution is 5.98. The van der Waals surface area contributed by atoms with Gasteiger partial charge in [0.2, 0.25) is 11.8 Å². The van der Waals surface area contributed by atoms with Crippen LogP contribution in [0.1, 0.15) is 49.7 Å². The highest BCUT2D eigenvalue weighted by Gasteiger charge is 2.31. The maximum absolute atomic E-state index is 13.5. The molecular weight excluding hydrogens is 506 g/mol. The van der Waals surface area contributed by atoms with Crippen molar-refractivity contribution in [1.29, 1.82) is 0 Å². The topological polar surface area (TPSA) is 132 Å². The van der Waals surface area contributed by atoms with E-state index in [0.29, 0.717) is 37.9 Å². The number of rotatable bonds is 12. The second-order valence-corrected chi connectivity index (χ2v) is 11.6.